The molecule has 0 radical (unpaired) electrons. The third-order valence-corrected chi connectivity index (χ3v) is 8.45. The number of piperidine rings is 1. The highest BCUT2D eigenvalue weighted by molar-refractivity contribution is 5.69. The van der Waals surface area contributed by atoms with Crippen LogP contribution >= 0.6 is 0 Å². The van der Waals surface area contributed by atoms with E-state index in [1.54, 1.807) is 0 Å². The second-order valence-corrected chi connectivity index (χ2v) is 12.9. The number of anilines is 1. The maximum Gasteiger partial charge on any atom is 0.410 e. The Bertz CT molecular complexity index is 915. The molecule has 4 aliphatic rings. The molecule has 1 saturated carbocycles. The van der Waals surface area contributed by atoms with Gasteiger partial charge in [-0.25, -0.2) is 4.79 Å². The second kappa shape index (κ2) is 8.12. The van der Waals surface area contributed by atoms with E-state index in [0.29, 0.717) is 18.2 Å². The van der Waals surface area contributed by atoms with Gasteiger partial charge in [-0.15, -0.1) is 0 Å². The predicted octanol–water partition coefficient (Wildman–Crippen LogP) is 3.84. The Morgan fingerprint density at radius 2 is 1.79 bits per heavy atom. The van der Waals surface area contributed by atoms with Gasteiger partial charge in [0.2, 0.25) is 0 Å². The molecule has 3 saturated heterocycles. The summed E-state index contributed by atoms with van der Waals surface area (Å²) in [7, 11) is 1.82. The van der Waals surface area contributed by atoms with Crippen LogP contribution in [0.4, 0.5) is 10.6 Å². The number of carbonyl (C=O) groups excluding carboxylic acids is 1. The molecular formula is C26H43N5O3. The van der Waals surface area contributed by atoms with Crippen LogP contribution in [0.25, 0.3) is 0 Å². The van der Waals surface area contributed by atoms with Crippen LogP contribution in [0.5, 0.6) is 0 Å². The molecule has 1 spiro atoms. The van der Waals surface area contributed by atoms with Crippen LogP contribution in [-0.2, 0) is 9.47 Å². The standard InChI is InChI=1S/C26H43N5O3/c1-18-10-22(30-9-8-19(11-25(30,5)6)28-14-21(15-28)33-7)27-31(18)20-12-26(13-20)16-29(17-26)23(32)34-24(2,3)4/h10,19-21H,8-9,11-17H2,1-7H3. The number of rotatable bonds is 4. The zero-order valence-corrected chi connectivity index (χ0v) is 22.1. The fourth-order valence-corrected chi connectivity index (χ4v) is 6.59. The SMILES string of the molecule is COC1CN(C2CCN(c3cc(C)n(C4CC5(C4)CN(C(=O)OC(C)(C)C)C5)n3)C(C)(C)C2)C1. The molecule has 1 unspecified atom stereocenters. The summed E-state index contributed by atoms with van der Waals surface area (Å²) in [4.78, 5) is 19.3. The van der Waals surface area contributed by atoms with Crippen molar-refractivity contribution in [3.63, 3.8) is 0 Å². The average molecular weight is 474 g/mol. The van der Waals surface area contributed by atoms with Gasteiger partial charge in [-0.3, -0.25) is 9.58 Å². The number of amides is 1. The van der Waals surface area contributed by atoms with Crippen molar-refractivity contribution in [3.05, 3.63) is 11.8 Å². The van der Waals surface area contributed by atoms with Crippen molar-refractivity contribution in [2.24, 2.45) is 5.41 Å². The Morgan fingerprint density at radius 3 is 2.38 bits per heavy atom. The number of ether oxygens (including phenoxy) is 2. The first-order valence-corrected chi connectivity index (χ1v) is 13.0. The van der Waals surface area contributed by atoms with Gasteiger partial charge in [0, 0.05) is 68.6 Å². The lowest BCUT2D eigenvalue weighted by atomic mass is 9.61. The minimum Gasteiger partial charge on any atom is -0.444 e. The van der Waals surface area contributed by atoms with Gasteiger partial charge in [0.15, 0.2) is 5.82 Å². The Balaban J connectivity index is 1.16. The monoisotopic (exact) mass is 473 g/mol. The van der Waals surface area contributed by atoms with Crippen LogP contribution in [0.15, 0.2) is 6.07 Å². The first kappa shape index (κ1) is 23.9. The molecule has 0 aromatic carbocycles. The van der Waals surface area contributed by atoms with Gasteiger partial charge in [-0.05, 0) is 67.2 Å². The summed E-state index contributed by atoms with van der Waals surface area (Å²) in [6, 6.07) is 3.34. The molecule has 8 nitrogen and oxygen atoms in total. The molecule has 4 fully saturated rings. The van der Waals surface area contributed by atoms with E-state index in [1.807, 2.05) is 32.8 Å². The normalized spacial score (nSPS) is 27.3. The van der Waals surface area contributed by atoms with Gasteiger partial charge >= 0.3 is 6.09 Å². The van der Waals surface area contributed by atoms with Crippen molar-refractivity contribution in [3.8, 4) is 0 Å². The van der Waals surface area contributed by atoms with Crippen LogP contribution < -0.4 is 4.90 Å². The third-order valence-electron chi connectivity index (χ3n) is 8.45. The number of aromatic nitrogens is 2. The molecule has 0 bridgehead atoms. The van der Waals surface area contributed by atoms with E-state index < -0.39 is 5.60 Å². The van der Waals surface area contributed by atoms with Gasteiger partial charge in [-0.1, -0.05) is 0 Å². The van der Waals surface area contributed by atoms with E-state index in [4.69, 9.17) is 14.6 Å². The summed E-state index contributed by atoms with van der Waals surface area (Å²) in [5.74, 6) is 1.12. The largest absolute Gasteiger partial charge is 0.444 e. The first-order valence-electron chi connectivity index (χ1n) is 13.0. The number of methoxy groups -OCH3 is 1. The summed E-state index contributed by atoms with van der Waals surface area (Å²) < 4.78 is 13.2. The molecule has 1 aliphatic carbocycles. The van der Waals surface area contributed by atoms with Crippen LogP contribution in [0.3, 0.4) is 0 Å². The Kier molecular flexibility index (Phi) is 5.71. The van der Waals surface area contributed by atoms with Crippen molar-refractivity contribution in [2.75, 3.05) is 44.7 Å². The Labute approximate surface area is 204 Å². The minimum atomic E-state index is -0.436. The van der Waals surface area contributed by atoms with Crippen LogP contribution in [-0.4, -0.2) is 88.8 Å². The summed E-state index contributed by atoms with van der Waals surface area (Å²) in [6.45, 7) is 17.5. The molecule has 0 N–H and O–H groups in total. The summed E-state index contributed by atoms with van der Waals surface area (Å²) >= 11 is 0. The molecule has 3 aliphatic heterocycles. The number of likely N-dealkylation sites (tertiary alicyclic amines) is 2. The second-order valence-electron chi connectivity index (χ2n) is 12.9. The fraction of sp³-hybridized carbons (Fsp3) is 0.846. The zero-order valence-electron chi connectivity index (χ0n) is 22.1. The van der Waals surface area contributed by atoms with Crippen LogP contribution in [0.2, 0.25) is 0 Å². The van der Waals surface area contributed by atoms with E-state index >= 15 is 0 Å². The quantitative estimate of drug-likeness (QED) is 0.662. The van der Waals surface area contributed by atoms with Gasteiger partial charge < -0.3 is 19.3 Å². The highest BCUT2D eigenvalue weighted by Gasteiger charge is 2.55. The summed E-state index contributed by atoms with van der Waals surface area (Å²) in [6.07, 6.45) is 4.75. The first-order chi connectivity index (χ1) is 15.9. The maximum absolute atomic E-state index is 12.3. The summed E-state index contributed by atoms with van der Waals surface area (Å²) in [5, 5.41) is 5.11. The van der Waals surface area contributed by atoms with Gasteiger partial charge in [0.25, 0.3) is 0 Å². The number of hydrogen-bond acceptors (Lipinski definition) is 6. The average Bonchev–Trinajstić information content (AvgIpc) is 2.97. The smallest absolute Gasteiger partial charge is 0.410 e. The number of nitrogens with zero attached hydrogens (tertiary/aromatic N) is 5. The van der Waals surface area contributed by atoms with Crippen LogP contribution in [0, 0.1) is 12.3 Å². The Hall–Kier alpha value is -1.80. The molecule has 190 valence electrons. The highest BCUT2D eigenvalue weighted by Crippen LogP contribution is 2.54. The fourth-order valence-electron chi connectivity index (χ4n) is 6.59. The molecule has 5 rings (SSSR count). The molecule has 34 heavy (non-hydrogen) atoms. The van der Waals surface area contributed by atoms with Crippen molar-refractivity contribution in [2.45, 2.75) is 96.6 Å². The molecule has 4 heterocycles. The molecule has 1 atom stereocenters. The lowest BCUT2D eigenvalue weighted by Gasteiger charge is -2.58. The van der Waals surface area contributed by atoms with E-state index in [2.05, 4.69) is 41.3 Å². The summed E-state index contributed by atoms with van der Waals surface area (Å²) in [5.41, 5.74) is 1.14. The lowest BCUT2D eigenvalue weighted by Crippen LogP contribution is -2.64. The number of carbonyl (C=O) groups is 1. The maximum atomic E-state index is 12.3. The molecule has 1 aromatic heterocycles. The van der Waals surface area contributed by atoms with Crippen molar-refractivity contribution >= 4 is 11.9 Å². The van der Waals surface area contributed by atoms with Gasteiger partial charge in [0.1, 0.15) is 5.60 Å². The zero-order chi connectivity index (χ0) is 24.5. The molecule has 1 amide bonds. The number of hydrogen-bond donors (Lipinski definition) is 0. The van der Waals surface area contributed by atoms with E-state index in [9.17, 15) is 4.79 Å². The molecular weight excluding hydrogens is 430 g/mol. The van der Waals surface area contributed by atoms with Crippen molar-refractivity contribution in [1.82, 2.24) is 19.6 Å². The topological polar surface area (TPSA) is 63.1 Å². The predicted molar refractivity (Wildman–Crippen MR) is 132 cm³/mol. The van der Waals surface area contributed by atoms with E-state index in [1.165, 1.54) is 12.1 Å². The lowest BCUT2D eigenvalue weighted by molar-refractivity contribution is -0.0930. The van der Waals surface area contributed by atoms with Crippen LogP contribution in [0.1, 0.15) is 72.0 Å². The van der Waals surface area contributed by atoms with Crippen molar-refractivity contribution in [1.29, 1.82) is 0 Å². The number of aryl methyl sites for hydroxylation is 1. The highest BCUT2D eigenvalue weighted by atomic mass is 16.6. The Morgan fingerprint density at radius 1 is 1.12 bits per heavy atom. The van der Waals surface area contributed by atoms with Gasteiger partial charge in [-0.2, -0.15) is 5.10 Å². The third kappa shape index (κ3) is 4.32. The van der Waals surface area contributed by atoms with E-state index in [0.717, 1.165) is 57.8 Å². The molecule has 1 aromatic rings. The van der Waals surface area contributed by atoms with Crippen molar-refractivity contribution < 1.29 is 14.3 Å². The molecule has 8 heteroatoms. The minimum absolute atomic E-state index is 0.0788. The van der Waals surface area contributed by atoms with E-state index in [-0.39, 0.29) is 17.0 Å². The van der Waals surface area contributed by atoms with Gasteiger partial charge in [0.05, 0.1) is 12.1 Å².